The number of nitrogens with one attached hydrogen (secondary N) is 3. The summed E-state index contributed by atoms with van der Waals surface area (Å²) >= 11 is 0. The molecule has 1 aromatic heterocycles. The number of benzene rings is 2. The number of aliphatic carboxylic acids is 1. The number of furan rings is 1. The molecule has 3 rings (SSSR count). The van der Waals surface area contributed by atoms with Crippen LogP contribution in [0.1, 0.15) is 41.4 Å². The van der Waals surface area contributed by atoms with Crippen molar-refractivity contribution in [2.24, 2.45) is 5.73 Å². The van der Waals surface area contributed by atoms with Gasteiger partial charge in [0, 0.05) is 22.0 Å². The number of fused-ring (bicyclic) bond motifs is 1. The maximum absolute atomic E-state index is 12.7. The van der Waals surface area contributed by atoms with E-state index in [0.29, 0.717) is 40.4 Å². The Balaban J connectivity index is 1.68. The van der Waals surface area contributed by atoms with E-state index in [-0.39, 0.29) is 23.8 Å². The molecule has 1 atom stereocenters. The lowest BCUT2D eigenvalue weighted by molar-refractivity contribution is -0.138. The maximum Gasteiger partial charge on any atom is 0.322 e. The molecule has 11 heteroatoms. The Kier molecular flexibility index (Phi) is 7.69. The van der Waals surface area contributed by atoms with Crippen LogP contribution in [-0.4, -0.2) is 43.0 Å². The number of hydrogen-bond donors (Lipinski definition) is 5. The van der Waals surface area contributed by atoms with E-state index in [4.69, 9.17) is 15.6 Å². The molecular formula is C23H26N4O6S. The summed E-state index contributed by atoms with van der Waals surface area (Å²) in [6, 6.07) is 10.1. The van der Waals surface area contributed by atoms with Gasteiger partial charge in [-0.1, -0.05) is 31.5 Å². The summed E-state index contributed by atoms with van der Waals surface area (Å²) in [4.78, 5) is 24.2. The number of nitrogen functional groups attached to an aromatic ring is 1. The number of amides is 1. The summed E-state index contributed by atoms with van der Waals surface area (Å²) < 4.78 is 31.8. The second-order valence-electron chi connectivity index (χ2n) is 7.82. The number of rotatable bonds is 11. The van der Waals surface area contributed by atoms with Crippen molar-refractivity contribution in [3.8, 4) is 0 Å². The second kappa shape index (κ2) is 10.5. The molecule has 2 aromatic carbocycles. The number of carboxylic acids is 1. The third-order valence-electron chi connectivity index (χ3n) is 5.16. The lowest BCUT2D eigenvalue weighted by Crippen LogP contribution is -2.43. The van der Waals surface area contributed by atoms with Gasteiger partial charge in [0.25, 0.3) is 5.91 Å². The number of carbonyl (C=O) groups is 2. The molecule has 6 N–H and O–H groups in total. The largest absolute Gasteiger partial charge is 0.480 e. The maximum atomic E-state index is 12.7. The van der Waals surface area contributed by atoms with E-state index in [2.05, 4.69) is 10.0 Å². The first-order valence-electron chi connectivity index (χ1n) is 10.6. The Morgan fingerprint density at radius 3 is 2.50 bits per heavy atom. The van der Waals surface area contributed by atoms with Crippen molar-refractivity contribution in [3.63, 3.8) is 0 Å². The number of sulfonamides is 1. The van der Waals surface area contributed by atoms with Crippen molar-refractivity contribution in [2.45, 2.75) is 32.2 Å². The third kappa shape index (κ3) is 6.21. The summed E-state index contributed by atoms with van der Waals surface area (Å²) in [5, 5.41) is 20.8. The van der Waals surface area contributed by atoms with Crippen molar-refractivity contribution >= 4 is 44.2 Å². The van der Waals surface area contributed by atoms with Crippen LogP contribution in [0.3, 0.4) is 0 Å². The minimum Gasteiger partial charge on any atom is -0.480 e. The zero-order valence-electron chi connectivity index (χ0n) is 18.5. The molecule has 180 valence electrons. The highest BCUT2D eigenvalue weighted by molar-refractivity contribution is 7.89. The van der Waals surface area contributed by atoms with Crippen LogP contribution in [0, 0.1) is 5.41 Å². The molecule has 3 aromatic rings. The van der Waals surface area contributed by atoms with Crippen LogP contribution in [0.4, 0.5) is 5.69 Å². The Morgan fingerprint density at radius 1 is 1.18 bits per heavy atom. The number of hydrogen-bond acceptors (Lipinski definition) is 6. The van der Waals surface area contributed by atoms with E-state index < -0.39 is 27.9 Å². The predicted octanol–water partition coefficient (Wildman–Crippen LogP) is 2.68. The van der Waals surface area contributed by atoms with Crippen molar-refractivity contribution in [1.82, 2.24) is 4.72 Å². The van der Waals surface area contributed by atoms with Gasteiger partial charge in [0.1, 0.15) is 11.9 Å². The minimum atomic E-state index is -3.70. The van der Waals surface area contributed by atoms with Crippen LogP contribution < -0.4 is 15.8 Å². The molecule has 0 aliphatic carbocycles. The Labute approximate surface area is 196 Å². The van der Waals surface area contributed by atoms with Gasteiger partial charge in [0.05, 0.1) is 12.0 Å². The molecule has 0 radical (unpaired) electrons. The smallest absolute Gasteiger partial charge is 0.322 e. The van der Waals surface area contributed by atoms with Crippen LogP contribution in [0.5, 0.6) is 0 Å². The number of amidine groups is 1. The van der Waals surface area contributed by atoms with Crippen LogP contribution in [0.2, 0.25) is 0 Å². The van der Waals surface area contributed by atoms with Gasteiger partial charge in [-0.05, 0) is 42.7 Å². The van der Waals surface area contributed by atoms with E-state index in [0.717, 1.165) is 0 Å². The molecule has 34 heavy (non-hydrogen) atoms. The van der Waals surface area contributed by atoms with Gasteiger partial charge >= 0.3 is 5.97 Å². The molecule has 0 aliphatic rings. The third-order valence-corrected chi connectivity index (χ3v) is 6.63. The Bertz CT molecular complexity index is 1310. The van der Waals surface area contributed by atoms with E-state index in [1.165, 1.54) is 6.26 Å². The average Bonchev–Trinajstić information content (AvgIpc) is 3.22. The highest BCUT2D eigenvalue weighted by Gasteiger charge is 2.24. The number of unbranched alkanes of at least 4 members (excludes halogenated alkanes) is 1. The predicted molar refractivity (Wildman–Crippen MR) is 129 cm³/mol. The van der Waals surface area contributed by atoms with E-state index in [1.807, 2.05) is 6.92 Å². The zero-order valence-corrected chi connectivity index (χ0v) is 19.3. The van der Waals surface area contributed by atoms with Crippen molar-refractivity contribution in [3.05, 3.63) is 65.6 Å². The summed E-state index contributed by atoms with van der Waals surface area (Å²) in [5.74, 6) is -1.87. The highest BCUT2D eigenvalue weighted by atomic mass is 32.2. The molecule has 0 aliphatic heterocycles. The molecule has 1 unspecified atom stereocenters. The number of carboxylic acid groups (broad SMARTS) is 1. The van der Waals surface area contributed by atoms with Crippen LogP contribution in [0.25, 0.3) is 10.8 Å². The highest BCUT2D eigenvalue weighted by Crippen LogP contribution is 2.24. The van der Waals surface area contributed by atoms with Gasteiger partial charge in [0.2, 0.25) is 10.0 Å². The fraction of sp³-hybridized carbons (Fsp3) is 0.261. The van der Waals surface area contributed by atoms with Crippen molar-refractivity contribution < 1.29 is 27.5 Å². The van der Waals surface area contributed by atoms with Gasteiger partial charge < -0.3 is 20.6 Å². The summed E-state index contributed by atoms with van der Waals surface area (Å²) in [6.45, 7) is 1.85. The molecule has 1 amide bonds. The Morgan fingerprint density at radius 2 is 1.88 bits per heavy atom. The second-order valence-corrected chi connectivity index (χ2v) is 9.69. The summed E-state index contributed by atoms with van der Waals surface area (Å²) in [6.07, 6.45) is 2.49. The molecule has 10 nitrogen and oxygen atoms in total. The molecular weight excluding hydrogens is 460 g/mol. The lowest BCUT2D eigenvalue weighted by Gasteiger charge is -2.15. The standard InChI is InChI=1S/C23H26N4O6S/c1-2-3-10-34(31,32)27-19(23(29)30)11-14-4-7-17(8-5-14)26-22(28)20-18-9-6-15(21(24)25)12-16(18)13-33-20/h4-9,12-13,19,27H,2-3,10-11H2,1H3,(H3,24,25)(H,26,28)(H,29,30). The first-order valence-corrected chi connectivity index (χ1v) is 12.2. The van der Waals surface area contributed by atoms with Gasteiger partial charge in [-0.3, -0.25) is 15.0 Å². The number of carbonyl (C=O) groups excluding carboxylic acids is 1. The summed E-state index contributed by atoms with van der Waals surface area (Å²) in [7, 11) is -3.70. The van der Waals surface area contributed by atoms with Crippen molar-refractivity contribution in [2.75, 3.05) is 11.1 Å². The topological polar surface area (TPSA) is 176 Å². The van der Waals surface area contributed by atoms with E-state index in [1.54, 1.807) is 42.5 Å². The van der Waals surface area contributed by atoms with Crippen LogP contribution in [0.15, 0.2) is 53.1 Å². The van der Waals surface area contributed by atoms with Gasteiger partial charge in [-0.25, -0.2) is 13.1 Å². The SMILES string of the molecule is CCCCS(=O)(=O)NC(Cc1ccc(NC(=O)c2occ3cc(C(=N)N)ccc23)cc1)C(=O)O. The fourth-order valence-electron chi connectivity index (χ4n) is 3.33. The van der Waals surface area contributed by atoms with E-state index >= 15 is 0 Å². The molecule has 0 fully saturated rings. The van der Waals surface area contributed by atoms with Crippen LogP contribution >= 0.6 is 0 Å². The van der Waals surface area contributed by atoms with E-state index in [9.17, 15) is 23.1 Å². The van der Waals surface area contributed by atoms with Crippen LogP contribution in [-0.2, 0) is 21.2 Å². The van der Waals surface area contributed by atoms with Gasteiger partial charge in [-0.15, -0.1) is 0 Å². The first kappa shape index (κ1) is 24.9. The molecule has 0 saturated carbocycles. The van der Waals surface area contributed by atoms with Gasteiger partial charge in [-0.2, -0.15) is 0 Å². The molecule has 0 saturated heterocycles. The fourth-order valence-corrected chi connectivity index (χ4v) is 4.74. The zero-order chi connectivity index (χ0) is 24.9. The quantitative estimate of drug-likeness (QED) is 0.204. The molecule has 0 bridgehead atoms. The van der Waals surface area contributed by atoms with Gasteiger partial charge in [0.15, 0.2) is 5.76 Å². The monoisotopic (exact) mass is 486 g/mol. The number of nitrogens with two attached hydrogens (primary N) is 1. The summed E-state index contributed by atoms with van der Waals surface area (Å²) in [5.41, 5.74) is 7.05. The molecule has 1 heterocycles. The first-order chi connectivity index (χ1) is 16.1. The minimum absolute atomic E-state index is 0.0454. The average molecular weight is 487 g/mol. The lowest BCUT2D eigenvalue weighted by atomic mass is 10.1. The number of anilines is 1. The molecule has 0 spiro atoms. The Hall–Kier alpha value is -3.70. The van der Waals surface area contributed by atoms with Crippen molar-refractivity contribution in [1.29, 1.82) is 5.41 Å². The normalized spacial score (nSPS) is 12.4.